The minimum atomic E-state index is -0.0440. The summed E-state index contributed by atoms with van der Waals surface area (Å²) in [5.41, 5.74) is 7.87. The summed E-state index contributed by atoms with van der Waals surface area (Å²) in [4.78, 5) is 12.0. The van der Waals surface area contributed by atoms with Crippen LogP contribution in [-0.2, 0) is 6.54 Å². The average molecular weight is 328 g/mol. The van der Waals surface area contributed by atoms with Gasteiger partial charge in [0, 0.05) is 32.5 Å². The van der Waals surface area contributed by atoms with Crippen LogP contribution in [-0.4, -0.2) is 4.57 Å². The molecule has 2 N–H and O–H groups in total. The third-order valence-electron chi connectivity index (χ3n) is 2.72. The van der Waals surface area contributed by atoms with Gasteiger partial charge in [-0.15, -0.1) is 0 Å². The van der Waals surface area contributed by atoms with Gasteiger partial charge < -0.3 is 10.3 Å². The molecule has 0 aliphatic rings. The van der Waals surface area contributed by atoms with E-state index in [4.69, 9.17) is 17.3 Å². The first-order valence-electron chi connectivity index (χ1n) is 5.38. The molecule has 2 aromatic rings. The van der Waals surface area contributed by atoms with E-state index < -0.39 is 0 Å². The van der Waals surface area contributed by atoms with Crippen LogP contribution in [0.15, 0.2) is 39.7 Å². The van der Waals surface area contributed by atoms with Crippen molar-refractivity contribution in [2.45, 2.75) is 13.5 Å². The van der Waals surface area contributed by atoms with E-state index in [1.165, 1.54) is 0 Å². The zero-order valence-corrected chi connectivity index (χ0v) is 12.1. The van der Waals surface area contributed by atoms with Crippen molar-refractivity contribution in [2.75, 3.05) is 5.73 Å². The summed E-state index contributed by atoms with van der Waals surface area (Å²) in [7, 11) is 0. The van der Waals surface area contributed by atoms with Gasteiger partial charge in [0.05, 0.1) is 6.54 Å². The molecular formula is C13H12BrClN2O. The molecule has 0 unspecified atom stereocenters. The maximum Gasteiger partial charge on any atom is 0.253 e. The summed E-state index contributed by atoms with van der Waals surface area (Å²) in [6, 6.07) is 7.12. The number of aryl methyl sites for hydroxylation is 1. The van der Waals surface area contributed by atoms with Crippen LogP contribution in [0.3, 0.4) is 0 Å². The van der Waals surface area contributed by atoms with Crippen molar-refractivity contribution in [3.05, 3.63) is 61.4 Å². The highest BCUT2D eigenvalue weighted by molar-refractivity contribution is 9.10. The molecule has 0 fully saturated rings. The smallest absolute Gasteiger partial charge is 0.253 e. The number of nitrogens with zero attached hydrogens (tertiary/aromatic N) is 1. The first kappa shape index (κ1) is 13.2. The van der Waals surface area contributed by atoms with Gasteiger partial charge in [-0.3, -0.25) is 4.79 Å². The highest BCUT2D eigenvalue weighted by Crippen LogP contribution is 2.23. The third-order valence-corrected chi connectivity index (χ3v) is 3.50. The molecule has 0 aliphatic heterocycles. The summed E-state index contributed by atoms with van der Waals surface area (Å²) >= 11 is 9.48. The van der Waals surface area contributed by atoms with Gasteiger partial charge in [0.25, 0.3) is 5.56 Å². The van der Waals surface area contributed by atoms with E-state index in [-0.39, 0.29) is 5.56 Å². The van der Waals surface area contributed by atoms with Gasteiger partial charge >= 0.3 is 0 Å². The maximum absolute atomic E-state index is 12.0. The lowest BCUT2D eigenvalue weighted by Gasteiger charge is -2.11. The number of nitrogen functional groups attached to an aromatic ring is 1. The Kier molecular flexibility index (Phi) is 3.78. The van der Waals surface area contributed by atoms with Crippen molar-refractivity contribution >= 4 is 33.2 Å². The molecule has 3 nitrogen and oxygen atoms in total. The topological polar surface area (TPSA) is 48.0 Å². The van der Waals surface area contributed by atoms with Gasteiger partial charge in [-0.1, -0.05) is 17.7 Å². The van der Waals surface area contributed by atoms with E-state index in [0.717, 1.165) is 10.0 Å². The SMILES string of the molecule is Cc1cc(Br)cn(Cc2c(N)cccc2Cl)c1=O. The highest BCUT2D eigenvalue weighted by Gasteiger charge is 2.08. The number of halogens is 2. The van der Waals surface area contributed by atoms with E-state index in [1.807, 2.05) is 0 Å². The second-order valence-corrected chi connectivity index (χ2v) is 5.40. The van der Waals surface area contributed by atoms with Crippen LogP contribution in [0.1, 0.15) is 11.1 Å². The maximum atomic E-state index is 12.0. The van der Waals surface area contributed by atoms with Crippen LogP contribution in [0.2, 0.25) is 5.02 Å². The molecule has 0 saturated carbocycles. The molecule has 1 heterocycles. The van der Waals surface area contributed by atoms with Crippen LogP contribution in [0.25, 0.3) is 0 Å². The summed E-state index contributed by atoms with van der Waals surface area (Å²) in [5, 5.41) is 0.569. The van der Waals surface area contributed by atoms with E-state index >= 15 is 0 Å². The Morgan fingerprint density at radius 1 is 1.44 bits per heavy atom. The van der Waals surface area contributed by atoms with Crippen LogP contribution < -0.4 is 11.3 Å². The number of rotatable bonds is 2. The number of aromatic nitrogens is 1. The van der Waals surface area contributed by atoms with E-state index in [9.17, 15) is 4.79 Å². The Morgan fingerprint density at radius 3 is 2.83 bits per heavy atom. The summed E-state index contributed by atoms with van der Waals surface area (Å²) in [6.45, 7) is 2.14. The van der Waals surface area contributed by atoms with Gasteiger partial charge in [-0.2, -0.15) is 0 Å². The quantitative estimate of drug-likeness (QED) is 0.861. The van der Waals surface area contributed by atoms with E-state index in [2.05, 4.69) is 15.9 Å². The highest BCUT2D eigenvalue weighted by atomic mass is 79.9. The molecule has 5 heteroatoms. The fraction of sp³-hybridized carbons (Fsp3) is 0.154. The molecule has 2 rings (SSSR count). The van der Waals surface area contributed by atoms with Crippen molar-refractivity contribution in [3.8, 4) is 0 Å². The van der Waals surface area contributed by atoms with E-state index in [1.54, 1.807) is 42.0 Å². The van der Waals surface area contributed by atoms with Crippen LogP contribution in [0.5, 0.6) is 0 Å². The van der Waals surface area contributed by atoms with Crippen LogP contribution in [0, 0.1) is 6.92 Å². The molecule has 0 bridgehead atoms. The van der Waals surface area contributed by atoms with Crippen molar-refractivity contribution in [1.29, 1.82) is 0 Å². The van der Waals surface area contributed by atoms with Crippen molar-refractivity contribution < 1.29 is 0 Å². The molecule has 1 aromatic heterocycles. The summed E-state index contributed by atoms with van der Waals surface area (Å²) in [6.07, 6.45) is 1.73. The number of nitrogens with two attached hydrogens (primary N) is 1. The summed E-state index contributed by atoms with van der Waals surface area (Å²) in [5.74, 6) is 0. The van der Waals surface area contributed by atoms with Gasteiger partial charge in [-0.25, -0.2) is 0 Å². The molecule has 0 saturated heterocycles. The van der Waals surface area contributed by atoms with Gasteiger partial charge in [-0.05, 0) is 41.1 Å². The Balaban J connectivity index is 2.50. The van der Waals surface area contributed by atoms with Crippen LogP contribution >= 0.6 is 27.5 Å². The van der Waals surface area contributed by atoms with Crippen molar-refractivity contribution in [2.24, 2.45) is 0 Å². The molecule has 94 valence electrons. The second kappa shape index (κ2) is 5.16. The second-order valence-electron chi connectivity index (χ2n) is 4.08. The number of hydrogen-bond acceptors (Lipinski definition) is 2. The van der Waals surface area contributed by atoms with E-state index in [0.29, 0.717) is 22.8 Å². The standard InChI is InChI=1S/C13H12BrClN2O/c1-8-5-9(14)6-17(13(8)18)7-10-11(15)3-2-4-12(10)16/h2-6H,7,16H2,1H3. The van der Waals surface area contributed by atoms with Crippen LogP contribution in [0.4, 0.5) is 5.69 Å². The largest absolute Gasteiger partial charge is 0.398 e. The molecule has 0 aliphatic carbocycles. The Labute approximate surface area is 118 Å². The molecule has 1 aromatic carbocycles. The lowest BCUT2D eigenvalue weighted by Crippen LogP contribution is -2.22. The molecule has 0 radical (unpaired) electrons. The third kappa shape index (κ3) is 2.60. The predicted octanol–water partition coefficient (Wildman–Crippen LogP) is 3.20. The first-order chi connectivity index (χ1) is 8.49. The molecular weight excluding hydrogens is 316 g/mol. The zero-order chi connectivity index (χ0) is 13.3. The molecule has 0 amide bonds. The van der Waals surface area contributed by atoms with Crippen molar-refractivity contribution in [1.82, 2.24) is 4.57 Å². The Bertz CT molecular complexity index is 632. The number of benzene rings is 1. The summed E-state index contributed by atoms with van der Waals surface area (Å²) < 4.78 is 2.45. The Morgan fingerprint density at radius 2 is 2.17 bits per heavy atom. The van der Waals surface area contributed by atoms with Gasteiger partial charge in [0.2, 0.25) is 0 Å². The van der Waals surface area contributed by atoms with Crippen molar-refractivity contribution in [3.63, 3.8) is 0 Å². The number of hydrogen-bond donors (Lipinski definition) is 1. The lowest BCUT2D eigenvalue weighted by atomic mass is 10.1. The number of pyridine rings is 1. The zero-order valence-electron chi connectivity index (χ0n) is 9.78. The predicted molar refractivity (Wildman–Crippen MR) is 78.1 cm³/mol. The monoisotopic (exact) mass is 326 g/mol. The lowest BCUT2D eigenvalue weighted by molar-refractivity contribution is 0.751. The minimum absolute atomic E-state index is 0.0440. The minimum Gasteiger partial charge on any atom is -0.398 e. The van der Waals surface area contributed by atoms with Gasteiger partial charge in [0.1, 0.15) is 0 Å². The normalized spacial score (nSPS) is 10.6. The fourth-order valence-corrected chi connectivity index (χ4v) is 2.60. The average Bonchev–Trinajstić information content (AvgIpc) is 2.30. The fourth-order valence-electron chi connectivity index (χ4n) is 1.77. The molecule has 0 atom stereocenters. The Hall–Kier alpha value is -1.26. The van der Waals surface area contributed by atoms with Gasteiger partial charge in [0.15, 0.2) is 0 Å². The first-order valence-corrected chi connectivity index (χ1v) is 6.55. The molecule has 0 spiro atoms. The molecule has 18 heavy (non-hydrogen) atoms. The number of anilines is 1.